The molecule has 8 heteroatoms. The summed E-state index contributed by atoms with van der Waals surface area (Å²) in [6, 6.07) is 13.0. The number of carbonyl (C=O) groups is 1. The van der Waals surface area contributed by atoms with E-state index >= 15 is 0 Å². The van der Waals surface area contributed by atoms with Crippen molar-refractivity contribution >= 4 is 16.0 Å². The fraction of sp³-hybridized carbons (Fsp3) is 0.316. The molecule has 0 aromatic heterocycles. The molecule has 0 amide bonds. The van der Waals surface area contributed by atoms with Crippen LogP contribution >= 0.6 is 0 Å². The molecule has 1 aliphatic rings. The molecule has 144 valence electrons. The first-order valence-electron chi connectivity index (χ1n) is 8.49. The third-order valence-corrected chi connectivity index (χ3v) is 6.14. The van der Waals surface area contributed by atoms with Crippen LogP contribution in [0.4, 0.5) is 0 Å². The molecule has 27 heavy (non-hydrogen) atoms. The van der Waals surface area contributed by atoms with E-state index < -0.39 is 16.0 Å². The summed E-state index contributed by atoms with van der Waals surface area (Å²) in [4.78, 5) is 12.3. The predicted octanol–water partition coefficient (Wildman–Crippen LogP) is 2.07. The molecule has 7 nitrogen and oxygen atoms in total. The molecule has 1 heterocycles. The van der Waals surface area contributed by atoms with Crippen LogP contribution < -0.4 is 4.74 Å². The lowest BCUT2D eigenvalue weighted by Crippen LogP contribution is -2.40. The number of carbonyl (C=O) groups excluding carboxylic acids is 1. The van der Waals surface area contributed by atoms with E-state index in [9.17, 15) is 13.2 Å². The predicted molar refractivity (Wildman–Crippen MR) is 98.1 cm³/mol. The number of rotatable bonds is 6. The summed E-state index contributed by atoms with van der Waals surface area (Å²) in [5.41, 5.74) is 1.13. The lowest BCUT2D eigenvalue weighted by Gasteiger charge is -2.26. The van der Waals surface area contributed by atoms with Crippen molar-refractivity contribution in [3.8, 4) is 5.75 Å². The van der Waals surface area contributed by atoms with Gasteiger partial charge < -0.3 is 14.2 Å². The van der Waals surface area contributed by atoms with E-state index in [1.165, 1.54) is 28.6 Å². The van der Waals surface area contributed by atoms with Crippen LogP contribution in [0.15, 0.2) is 53.4 Å². The van der Waals surface area contributed by atoms with Gasteiger partial charge >= 0.3 is 5.97 Å². The van der Waals surface area contributed by atoms with Crippen LogP contribution in [-0.4, -0.2) is 52.1 Å². The molecule has 1 aliphatic heterocycles. The number of benzene rings is 2. The highest BCUT2D eigenvalue weighted by Crippen LogP contribution is 2.18. The zero-order valence-electron chi connectivity index (χ0n) is 15.0. The van der Waals surface area contributed by atoms with Crippen LogP contribution in [0.3, 0.4) is 0 Å². The molecule has 1 fully saturated rings. The Bertz CT molecular complexity index is 871. The van der Waals surface area contributed by atoms with E-state index in [4.69, 9.17) is 14.2 Å². The number of hydrogen-bond acceptors (Lipinski definition) is 6. The largest absolute Gasteiger partial charge is 0.497 e. The Kier molecular flexibility index (Phi) is 6.10. The van der Waals surface area contributed by atoms with Crippen molar-refractivity contribution in [2.24, 2.45) is 0 Å². The minimum atomic E-state index is -3.58. The van der Waals surface area contributed by atoms with Crippen molar-refractivity contribution in [2.45, 2.75) is 11.5 Å². The average Bonchev–Trinajstić information content (AvgIpc) is 2.73. The van der Waals surface area contributed by atoms with E-state index in [0.29, 0.717) is 31.9 Å². The molecule has 0 atom stereocenters. The smallest absolute Gasteiger partial charge is 0.338 e. The second-order valence-electron chi connectivity index (χ2n) is 5.97. The van der Waals surface area contributed by atoms with Gasteiger partial charge in [-0.05, 0) is 42.0 Å². The number of nitrogens with zero attached hydrogens (tertiary/aromatic N) is 1. The van der Waals surface area contributed by atoms with Gasteiger partial charge in [0.25, 0.3) is 0 Å². The zero-order chi connectivity index (χ0) is 19.3. The van der Waals surface area contributed by atoms with Gasteiger partial charge in [0.05, 0.1) is 30.8 Å². The normalized spacial score (nSPS) is 15.3. The fourth-order valence-corrected chi connectivity index (χ4v) is 4.06. The molecular formula is C19H21NO6S. The van der Waals surface area contributed by atoms with Crippen molar-refractivity contribution in [1.29, 1.82) is 0 Å². The van der Waals surface area contributed by atoms with Crippen molar-refractivity contribution in [3.05, 3.63) is 59.7 Å². The number of ether oxygens (including phenoxy) is 3. The van der Waals surface area contributed by atoms with Gasteiger partial charge in [0, 0.05) is 13.1 Å². The fourth-order valence-electron chi connectivity index (χ4n) is 2.65. The molecule has 0 aliphatic carbocycles. The van der Waals surface area contributed by atoms with Gasteiger partial charge in [-0.2, -0.15) is 4.31 Å². The van der Waals surface area contributed by atoms with Crippen LogP contribution in [0.1, 0.15) is 15.9 Å². The lowest BCUT2D eigenvalue weighted by molar-refractivity contribution is 0.0472. The Morgan fingerprint density at radius 2 is 1.67 bits per heavy atom. The minimum absolute atomic E-state index is 0.122. The molecule has 0 bridgehead atoms. The second-order valence-corrected chi connectivity index (χ2v) is 7.90. The lowest BCUT2D eigenvalue weighted by atomic mass is 10.2. The number of methoxy groups -OCH3 is 1. The van der Waals surface area contributed by atoms with Crippen molar-refractivity contribution in [1.82, 2.24) is 4.31 Å². The number of esters is 1. The Morgan fingerprint density at radius 1 is 1.04 bits per heavy atom. The van der Waals surface area contributed by atoms with Crippen molar-refractivity contribution in [3.63, 3.8) is 0 Å². The molecule has 3 rings (SSSR count). The highest BCUT2D eigenvalue weighted by molar-refractivity contribution is 7.89. The highest BCUT2D eigenvalue weighted by atomic mass is 32.2. The van der Waals surface area contributed by atoms with E-state index in [0.717, 1.165) is 11.3 Å². The molecule has 0 spiro atoms. The molecule has 0 N–H and O–H groups in total. The SMILES string of the molecule is COc1ccc(COC(=O)c2ccc(S(=O)(=O)N3CCOCC3)cc2)cc1. The summed E-state index contributed by atoms with van der Waals surface area (Å²) in [6.45, 7) is 1.54. The Labute approximate surface area is 158 Å². The van der Waals surface area contributed by atoms with Crippen LogP contribution in [0, 0.1) is 0 Å². The third kappa shape index (κ3) is 4.65. The molecule has 2 aromatic rings. The average molecular weight is 391 g/mol. The van der Waals surface area contributed by atoms with Gasteiger partial charge in [-0.3, -0.25) is 0 Å². The highest BCUT2D eigenvalue weighted by Gasteiger charge is 2.26. The van der Waals surface area contributed by atoms with Crippen LogP contribution in [-0.2, 0) is 26.1 Å². The molecule has 0 unspecified atom stereocenters. The maximum absolute atomic E-state index is 12.6. The van der Waals surface area contributed by atoms with Crippen LogP contribution in [0.2, 0.25) is 0 Å². The molecule has 0 radical (unpaired) electrons. The van der Waals surface area contributed by atoms with Gasteiger partial charge in [-0.25, -0.2) is 13.2 Å². The standard InChI is InChI=1S/C19H21NO6S/c1-24-17-6-2-15(3-7-17)14-26-19(21)16-4-8-18(9-5-16)27(22,23)20-10-12-25-13-11-20/h2-9H,10-14H2,1H3. The van der Waals surface area contributed by atoms with Gasteiger partial charge in [-0.1, -0.05) is 12.1 Å². The summed E-state index contributed by atoms with van der Waals surface area (Å²) < 4.78 is 42.1. The van der Waals surface area contributed by atoms with E-state index in [2.05, 4.69) is 0 Å². The maximum Gasteiger partial charge on any atom is 0.338 e. The van der Waals surface area contributed by atoms with Gasteiger partial charge in [0.15, 0.2) is 0 Å². The summed E-state index contributed by atoms with van der Waals surface area (Å²) in [5.74, 6) is 0.211. The Morgan fingerprint density at radius 3 is 2.26 bits per heavy atom. The maximum atomic E-state index is 12.6. The summed E-state index contributed by atoms with van der Waals surface area (Å²) in [5, 5.41) is 0. The van der Waals surface area contributed by atoms with Gasteiger partial charge in [0.1, 0.15) is 12.4 Å². The van der Waals surface area contributed by atoms with Crippen molar-refractivity contribution in [2.75, 3.05) is 33.4 Å². The van der Waals surface area contributed by atoms with Crippen LogP contribution in [0.5, 0.6) is 5.75 Å². The topological polar surface area (TPSA) is 82.1 Å². The first kappa shape index (κ1) is 19.3. The van der Waals surface area contributed by atoms with E-state index in [-0.39, 0.29) is 11.5 Å². The summed E-state index contributed by atoms with van der Waals surface area (Å²) in [6.07, 6.45) is 0. The Balaban J connectivity index is 1.62. The first-order valence-corrected chi connectivity index (χ1v) is 9.93. The monoisotopic (exact) mass is 391 g/mol. The van der Waals surface area contributed by atoms with Gasteiger partial charge in [0.2, 0.25) is 10.0 Å². The second kappa shape index (κ2) is 8.51. The van der Waals surface area contributed by atoms with Crippen molar-refractivity contribution < 1.29 is 27.4 Å². The number of hydrogen-bond donors (Lipinski definition) is 0. The molecular weight excluding hydrogens is 370 g/mol. The van der Waals surface area contributed by atoms with E-state index in [1.807, 2.05) is 12.1 Å². The minimum Gasteiger partial charge on any atom is -0.497 e. The summed E-state index contributed by atoms with van der Waals surface area (Å²) in [7, 11) is -2.00. The Hall–Kier alpha value is -2.42. The first-order chi connectivity index (χ1) is 13.0. The number of sulfonamides is 1. The zero-order valence-corrected chi connectivity index (χ0v) is 15.8. The van der Waals surface area contributed by atoms with Crippen LogP contribution in [0.25, 0.3) is 0 Å². The van der Waals surface area contributed by atoms with E-state index in [1.54, 1.807) is 19.2 Å². The number of morpholine rings is 1. The molecule has 0 saturated carbocycles. The summed E-state index contributed by atoms with van der Waals surface area (Å²) >= 11 is 0. The molecule has 2 aromatic carbocycles. The molecule has 1 saturated heterocycles. The van der Waals surface area contributed by atoms with Gasteiger partial charge in [-0.15, -0.1) is 0 Å². The quantitative estimate of drug-likeness (QED) is 0.701. The third-order valence-electron chi connectivity index (χ3n) is 4.23.